The van der Waals surface area contributed by atoms with E-state index in [2.05, 4.69) is 0 Å². The Morgan fingerprint density at radius 3 is 2.50 bits per heavy atom. The highest BCUT2D eigenvalue weighted by molar-refractivity contribution is 5.92. The van der Waals surface area contributed by atoms with Crippen LogP contribution in [0.2, 0.25) is 0 Å². The van der Waals surface area contributed by atoms with Crippen LogP contribution in [0.4, 0.5) is 17.6 Å². The average Bonchev–Trinajstić information content (AvgIpc) is 2.53. The number of carbonyl (C=O) groups is 1. The third-order valence-electron chi connectivity index (χ3n) is 3.63. The number of fused-ring (bicyclic) bond motifs is 1. The molecule has 7 heteroatoms. The second-order valence-electron chi connectivity index (χ2n) is 5.14. The van der Waals surface area contributed by atoms with Crippen LogP contribution < -0.4 is 4.74 Å². The smallest absolute Gasteiger partial charge is 0.416 e. The van der Waals surface area contributed by atoms with Crippen LogP contribution in [-0.2, 0) is 6.18 Å². The Bertz CT molecular complexity index is 853. The SMILES string of the molecule is O=C(O)c1ccc2c(c1)C(c1cc(C(F)(F)F)ccc1F)=CCO2. The Hall–Kier alpha value is -2.83. The van der Waals surface area contributed by atoms with Crippen LogP contribution in [0, 0.1) is 5.82 Å². The van der Waals surface area contributed by atoms with Gasteiger partial charge in [-0.2, -0.15) is 13.2 Å². The number of hydrogen-bond acceptors (Lipinski definition) is 2. The maximum atomic E-state index is 14.1. The maximum absolute atomic E-state index is 14.1. The van der Waals surface area contributed by atoms with E-state index >= 15 is 0 Å². The number of hydrogen-bond donors (Lipinski definition) is 1. The van der Waals surface area contributed by atoms with E-state index in [1.54, 1.807) is 0 Å². The first-order chi connectivity index (χ1) is 11.3. The molecular weight excluding hydrogens is 328 g/mol. The molecule has 3 rings (SSSR count). The van der Waals surface area contributed by atoms with Crippen LogP contribution in [0.5, 0.6) is 5.75 Å². The van der Waals surface area contributed by atoms with Gasteiger partial charge in [-0.25, -0.2) is 9.18 Å². The summed E-state index contributed by atoms with van der Waals surface area (Å²) in [7, 11) is 0. The molecule has 24 heavy (non-hydrogen) atoms. The molecule has 1 N–H and O–H groups in total. The van der Waals surface area contributed by atoms with Crippen molar-refractivity contribution in [2.24, 2.45) is 0 Å². The van der Waals surface area contributed by atoms with Gasteiger partial charge < -0.3 is 9.84 Å². The number of halogens is 4. The molecule has 0 amide bonds. The monoisotopic (exact) mass is 338 g/mol. The van der Waals surface area contributed by atoms with Gasteiger partial charge in [-0.15, -0.1) is 0 Å². The van der Waals surface area contributed by atoms with Gasteiger partial charge in [0, 0.05) is 11.1 Å². The minimum absolute atomic E-state index is 0.0461. The van der Waals surface area contributed by atoms with Crippen molar-refractivity contribution in [2.75, 3.05) is 6.61 Å². The Kier molecular flexibility index (Phi) is 3.79. The van der Waals surface area contributed by atoms with Crippen molar-refractivity contribution in [2.45, 2.75) is 6.18 Å². The zero-order valence-corrected chi connectivity index (χ0v) is 12.0. The Morgan fingerprint density at radius 1 is 1.08 bits per heavy atom. The molecule has 124 valence electrons. The zero-order chi connectivity index (χ0) is 17.5. The van der Waals surface area contributed by atoms with Crippen molar-refractivity contribution in [3.63, 3.8) is 0 Å². The first-order valence-corrected chi connectivity index (χ1v) is 6.85. The number of carboxylic acids is 1. The standard InChI is InChI=1S/C17H10F4O3/c18-14-3-2-10(17(19,20)21)8-12(14)11-5-6-24-15-4-1-9(16(22)23)7-13(11)15/h1-5,7-8H,6H2,(H,22,23). The summed E-state index contributed by atoms with van der Waals surface area (Å²) in [5.74, 6) is -1.75. The predicted octanol–water partition coefficient (Wildman–Crippen LogP) is 4.37. The predicted molar refractivity (Wildman–Crippen MR) is 77.4 cm³/mol. The molecule has 0 aromatic heterocycles. The van der Waals surface area contributed by atoms with Gasteiger partial charge in [-0.05, 0) is 48.0 Å². The molecule has 0 aliphatic carbocycles. The van der Waals surface area contributed by atoms with E-state index in [0.717, 1.165) is 6.07 Å². The number of aromatic carboxylic acids is 1. The van der Waals surface area contributed by atoms with Gasteiger partial charge in [-0.1, -0.05) is 0 Å². The van der Waals surface area contributed by atoms with Crippen LogP contribution >= 0.6 is 0 Å². The minimum atomic E-state index is -4.61. The second-order valence-corrected chi connectivity index (χ2v) is 5.14. The summed E-state index contributed by atoms with van der Waals surface area (Å²) in [6.45, 7) is 0.0461. The van der Waals surface area contributed by atoms with Crippen LogP contribution in [-0.4, -0.2) is 17.7 Å². The fourth-order valence-electron chi connectivity index (χ4n) is 2.49. The third kappa shape index (κ3) is 2.84. The van der Waals surface area contributed by atoms with Gasteiger partial charge in [0.15, 0.2) is 0 Å². The molecule has 0 spiro atoms. The molecule has 1 heterocycles. The molecule has 0 radical (unpaired) electrons. The van der Waals surface area contributed by atoms with E-state index in [0.29, 0.717) is 12.1 Å². The average molecular weight is 338 g/mol. The number of ether oxygens (including phenoxy) is 1. The quantitative estimate of drug-likeness (QED) is 0.827. The van der Waals surface area contributed by atoms with Crippen molar-refractivity contribution in [1.82, 2.24) is 0 Å². The molecule has 2 aromatic carbocycles. The zero-order valence-electron chi connectivity index (χ0n) is 12.0. The van der Waals surface area contributed by atoms with Crippen molar-refractivity contribution >= 4 is 11.5 Å². The van der Waals surface area contributed by atoms with Gasteiger partial charge in [0.2, 0.25) is 0 Å². The van der Waals surface area contributed by atoms with E-state index in [-0.39, 0.29) is 34.6 Å². The summed E-state index contributed by atoms with van der Waals surface area (Å²) in [5.41, 5.74) is -0.904. The van der Waals surface area contributed by atoms with E-state index in [1.165, 1.54) is 24.3 Å². The number of alkyl halides is 3. The summed E-state index contributed by atoms with van der Waals surface area (Å²) >= 11 is 0. The summed E-state index contributed by atoms with van der Waals surface area (Å²) in [6, 6.07) is 6.08. The highest BCUT2D eigenvalue weighted by Crippen LogP contribution is 2.38. The molecule has 1 aliphatic heterocycles. The summed E-state index contributed by atoms with van der Waals surface area (Å²) < 4.78 is 58.1. The van der Waals surface area contributed by atoms with E-state index in [4.69, 9.17) is 9.84 Å². The Balaban J connectivity index is 2.17. The third-order valence-corrected chi connectivity index (χ3v) is 3.63. The van der Waals surface area contributed by atoms with Crippen LogP contribution in [0.1, 0.15) is 27.0 Å². The Morgan fingerprint density at radius 2 is 1.83 bits per heavy atom. The highest BCUT2D eigenvalue weighted by Gasteiger charge is 2.32. The molecule has 3 nitrogen and oxygen atoms in total. The van der Waals surface area contributed by atoms with Crippen molar-refractivity contribution in [1.29, 1.82) is 0 Å². The van der Waals surface area contributed by atoms with Gasteiger partial charge in [0.25, 0.3) is 0 Å². The molecular formula is C17H10F4O3. The normalized spacial score (nSPS) is 13.8. The fourth-order valence-corrected chi connectivity index (χ4v) is 2.49. The van der Waals surface area contributed by atoms with E-state index in [9.17, 15) is 22.4 Å². The van der Waals surface area contributed by atoms with Gasteiger partial charge in [0.1, 0.15) is 18.2 Å². The van der Waals surface area contributed by atoms with Crippen molar-refractivity contribution in [3.8, 4) is 5.75 Å². The van der Waals surface area contributed by atoms with Crippen molar-refractivity contribution in [3.05, 3.63) is 70.5 Å². The number of rotatable bonds is 2. The van der Waals surface area contributed by atoms with Crippen LogP contribution in [0.25, 0.3) is 5.57 Å². The second kappa shape index (κ2) is 5.67. The lowest BCUT2D eigenvalue weighted by molar-refractivity contribution is -0.137. The van der Waals surface area contributed by atoms with Gasteiger partial charge in [0.05, 0.1) is 11.1 Å². The first kappa shape index (κ1) is 16.0. The molecule has 2 aromatic rings. The van der Waals surface area contributed by atoms with Crippen molar-refractivity contribution < 1.29 is 32.2 Å². The first-order valence-electron chi connectivity index (χ1n) is 6.85. The van der Waals surface area contributed by atoms with E-state index < -0.39 is 23.5 Å². The largest absolute Gasteiger partial charge is 0.489 e. The molecule has 0 saturated carbocycles. The summed E-state index contributed by atoms with van der Waals surface area (Å²) in [4.78, 5) is 11.1. The number of carboxylic acid groups (broad SMARTS) is 1. The van der Waals surface area contributed by atoms with E-state index in [1.807, 2.05) is 0 Å². The lowest BCUT2D eigenvalue weighted by Crippen LogP contribution is -2.10. The molecule has 0 saturated heterocycles. The lowest BCUT2D eigenvalue weighted by atomic mass is 9.92. The van der Waals surface area contributed by atoms with Gasteiger partial charge in [-0.3, -0.25) is 0 Å². The molecule has 0 atom stereocenters. The van der Waals surface area contributed by atoms with Gasteiger partial charge >= 0.3 is 12.1 Å². The maximum Gasteiger partial charge on any atom is 0.416 e. The topological polar surface area (TPSA) is 46.5 Å². The summed E-state index contributed by atoms with van der Waals surface area (Å²) in [6.07, 6.45) is -3.19. The Labute approximate surface area is 133 Å². The summed E-state index contributed by atoms with van der Waals surface area (Å²) in [5, 5.41) is 9.07. The molecule has 0 unspecified atom stereocenters. The molecule has 0 fully saturated rings. The minimum Gasteiger partial charge on any atom is -0.489 e. The highest BCUT2D eigenvalue weighted by atomic mass is 19.4. The van der Waals surface area contributed by atoms with Crippen LogP contribution in [0.3, 0.4) is 0 Å². The molecule has 1 aliphatic rings. The lowest BCUT2D eigenvalue weighted by Gasteiger charge is -2.20. The molecule has 0 bridgehead atoms. The fraction of sp³-hybridized carbons (Fsp3) is 0.118. The number of benzene rings is 2. The van der Waals surface area contributed by atoms with Crippen LogP contribution in [0.15, 0.2) is 42.5 Å².